The molecule has 8 heteroatoms. The molecule has 1 aromatic carbocycles. The normalized spacial score (nSPS) is 22.7. The standard InChI is InChI=1S/C13H18F2N2O2S2/c1-20-9-3-2-8(6-9)17-21(18,19)12-5-4-11(14)10(7-16)13(12)15/h4-5,8-9,17H,2-3,6-7,16H2,1H3. The van der Waals surface area contributed by atoms with Crippen molar-refractivity contribution < 1.29 is 17.2 Å². The lowest BCUT2D eigenvalue weighted by Crippen LogP contribution is -2.34. The highest BCUT2D eigenvalue weighted by Gasteiger charge is 2.30. The van der Waals surface area contributed by atoms with E-state index in [2.05, 4.69) is 4.72 Å². The van der Waals surface area contributed by atoms with Gasteiger partial charge in [0, 0.05) is 23.4 Å². The summed E-state index contributed by atoms with van der Waals surface area (Å²) >= 11 is 1.69. The number of benzene rings is 1. The summed E-state index contributed by atoms with van der Waals surface area (Å²) in [4.78, 5) is -0.544. The molecule has 118 valence electrons. The van der Waals surface area contributed by atoms with Gasteiger partial charge in [-0.05, 0) is 37.7 Å². The predicted octanol–water partition coefficient (Wildman–Crippen LogP) is 1.99. The van der Waals surface area contributed by atoms with Crippen molar-refractivity contribution in [1.82, 2.24) is 4.72 Å². The van der Waals surface area contributed by atoms with Gasteiger partial charge in [-0.2, -0.15) is 11.8 Å². The highest BCUT2D eigenvalue weighted by molar-refractivity contribution is 7.99. The third kappa shape index (κ3) is 3.56. The number of rotatable bonds is 5. The largest absolute Gasteiger partial charge is 0.326 e. The van der Waals surface area contributed by atoms with Crippen LogP contribution in [0.4, 0.5) is 8.78 Å². The fraction of sp³-hybridized carbons (Fsp3) is 0.538. The summed E-state index contributed by atoms with van der Waals surface area (Å²) in [5, 5.41) is 0.412. The summed E-state index contributed by atoms with van der Waals surface area (Å²) in [6, 6.07) is 1.66. The molecule has 0 spiro atoms. The minimum atomic E-state index is -4.01. The number of hydrogen-bond acceptors (Lipinski definition) is 4. The van der Waals surface area contributed by atoms with Crippen molar-refractivity contribution in [2.75, 3.05) is 6.26 Å². The van der Waals surface area contributed by atoms with Gasteiger partial charge in [0.1, 0.15) is 10.7 Å². The van der Waals surface area contributed by atoms with Crippen LogP contribution in [0, 0.1) is 11.6 Å². The van der Waals surface area contributed by atoms with Crippen LogP contribution in [0.1, 0.15) is 24.8 Å². The maximum atomic E-state index is 14.1. The molecule has 0 aliphatic heterocycles. The Balaban J connectivity index is 2.24. The van der Waals surface area contributed by atoms with E-state index in [9.17, 15) is 17.2 Å². The van der Waals surface area contributed by atoms with E-state index >= 15 is 0 Å². The van der Waals surface area contributed by atoms with E-state index in [-0.39, 0.29) is 12.6 Å². The van der Waals surface area contributed by atoms with E-state index in [0.29, 0.717) is 11.7 Å². The average Bonchev–Trinajstić information content (AvgIpc) is 2.85. The summed E-state index contributed by atoms with van der Waals surface area (Å²) in [5.41, 5.74) is 4.85. The number of thioether (sulfide) groups is 1. The van der Waals surface area contributed by atoms with E-state index in [0.717, 1.165) is 25.0 Å². The number of sulfonamides is 1. The predicted molar refractivity (Wildman–Crippen MR) is 79.5 cm³/mol. The maximum Gasteiger partial charge on any atom is 0.243 e. The van der Waals surface area contributed by atoms with Crippen LogP contribution in [0.15, 0.2) is 17.0 Å². The zero-order valence-electron chi connectivity index (χ0n) is 11.6. The zero-order chi connectivity index (χ0) is 15.6. The third-order valence-electron chi connectivity index (χ3n) is 3.68. The van der Waals surface area contributed by atoms with Gasteiger partial charge >= 0.3 is 0 Å². The Labute approximate surface area is 127 Å². The summed E-state index contributed by atoms with van der Waals surface area (Å²) in [6.45, 7) is -0.390. The Morgan fingerprint density at radius 3 is 2.67 bits per heavy atom. The van der Waals surface area contributed by atoms with Crippen molar-refractivity contribution >= 4 is 21.8 Å². The fourth-order valence-corrected chi connectivity index (χ4v) is 4.70. The average molecular weight is 336 g/mol. The summed E-state index contributed by atoms with van der Waals surface area (Å²) in [5.74, 6) is -1.94. The van der Waals surface area contributed by atoms with Gasteiger partial charge in [-0.25, -0.2) is 21.9 Å². The molecular weight excluding hydrogens is 318 g/mol. The van der Waals surface area contributed by atoms with Gasteiger partial charge < -0.3 is 5.73 Å². The van der Waals surface area contributed by atoms with Crippen molar-refractivity contribution in [2.45, 2.75) is 42.0 Å². The van der Waals surface area contributed by atoms with Gasteiger partial charge in [-0.3, -0.25) is 0 Å². The molecule has 0 heterocycles. The molecule has 21 heavy (non-hydrogen) atoms. The zero-order valence-corrected chi connectivity index (χ0v) is 13.2. The molecule has 4 nitrogen and oxygen atoms in total. The Morgan fingerprint density at radius 2 is 2.10 bits per heavy atom. The van der Waals surface area contributed by atoms with Crippen molar-refractivity contribution in [1.29, 1.82) is 0 Å². The van der Waals surface area contributed by atoms with E-state index in [1.807, 2.05) is 6.26 Å². The first-order valence-electron chi connectivity index (χ1n) is 6.61. The van der Waals surface area contributed by atoms with Crippen LogP contribution < -0.4 is 10.5 Å². The van der Waals surface area contributed by atoms with E-state index in [1.54, 1.807) is 11.8 Å². The molecule has 0 amide bonds. The second-order valence-corrected chi connectivity index (χ2v) is 7.85. The van der Waals surface area contributed by atoms with Gasteiger partial charge in [0.2, 0.25) is 10.0 Å². The van der Waals surface area contributed by atoms with Crippen LogP contribution in [0.25, 0.3) is 0 Å². The van der Waals surface area contributed by atoms with Crippen molar-refractivity contribution in [3.8, 4) is 0 Å². The topological polar surface area (TPSA) is 72.2 Å². The quantitative estimate of drug-likeness (QED) is 0.862. The third-order valence-corrected chi connectivity index (χ3v) is 6.32. The van der Waals surface area contributed by atoms with Crippen molar-refractivity contribution in [3.05, 3.63) is 29.3 Å². The van der Waals surface area contributed by atoms with Crippen LogP contribution in [0.3, 0.4) is 0 Å². The Bertz CT molecular complexity index is 623. The molecule has 1 fully saturated rings. The molecule has 0 saturated heterocycles. The van der Waals surface area contributed by atoms with Gasteiger partial charge in [0.05, 0.1) is 0 Å². The van der Waals surface area contributed by atoms with E-state index < -0.39 is 32.1 Å². The molecule has 1 saturated carbocycles. The highest BCUT2D eigenvalue weighted by Crippen LogP contribution is 2.29. The maximum absolute atomic E-state index is 14.1. The monoisotopic (exact) mass is 336 g/mol. The molecule has 0 bridgehead atoms. The first kappa shape index (κ1) is 16.7. The lowest BCUT2D eigenvalue weighted by molar-refractivity contribution is 0.517. The molecule has 3 N–H and O–H groups in total. The van der Waals surface area contributed by atoms with Gasteiger partial charge in [-0.15, -0.1) is 0 Å². The molecule has 2 unspecified atom stereocenters. The SMILES string of the molecule is CSC1CCC(NS(=O)(=O)c2ccc(F)c(CN)c2F)C1. The molecule has 0 radical (unpaired) electrons. The minimum Gasteiger partial charge on any atom is -0.326 e. The van der Waals surface area contributed by atoms with Gasteiger partial charge in [-0.1, -0.05) is 0 Å². The summed E-state index contributed by atoms with van der Waals surface area (Å²) in [6.07, 6.45) is 4.34. The Hall–Kier alpha value is -0.700. The van der Waals surface area contributed by atoms with Gasteiger partial charge in [0.25, 0.3) is 0 Å². The number of nitrogens with two attached hydrogens (primary N) is 1. The lowest BCUT2D eigenvalue weighted by atomic mass is 10.2. The van der Waals surface area contributed by atoms with Crippen LogP contribution in [0.5, 0.6) is 0 Å². The Morgan fingerprint density at radius 1 is 1.38 bits per heavy atom. The molecule has 2 atom stereocenters. The molecular formula is C13H18F2N2O2S2. The number of halogens is 2. The number of hydrogen-bond donors (Lipinski definition) is 2. The molecule has 0 aromatic heterocycles. The Kier molecular flexibility index (Phi) is 5.24. The summed E-state index contributed by atoms with van der Waals surface area (Å²) in [7, 11) is -4.01. The first-order valence-corrected chi connectivity index (χ1v) is 9.38. The van der Waals surface area contributed by atoms with Crippen molar-refractivity contribution in [3.63, 3.8) is 0 Å². The molecule has 2 rings (SSSR count). The van der Waals surface area contributed by atoms with E-state index in [4.69, 9.17) is 5.73 Å². The molecule has 1 aromatic rings. The molecule has 1 aliphatic rings. The number of nitrogens with one attached hydrogen (secondary N) is 1. The van der Waals surface area contributed by atoms with E-state index in [1.165, 1.54) is 0 Å². The second-order valence-electron chi connectivity index (χ2n) is 5.03. The van der Waals surface area contributed by atoms with Gasteiger partial charge in [0.15, 0.2) is 5.82 Å². The summed E-state index contributed by atoms with van der Waals surface area (Å²) < 4.78 is 54.5. The fourth-order valence-electron chi connectivity index (χ4n) is 2.51. The lowest BCUT2D eigenvalue weighted by Gasteiger charge is -2.15. The second kappa shape index (κ2) is 6.60. The van der Waals surface area contributed by atoms with Crippen molar-refractivity contribution in [2.24, 2.45) is 5.73 Å². The smallest absolute Gasteiger partial charge is 0.243 e. The molecule has 1 aliphatic carbocycles. The van der Waals surface area contributed by atoms with Crippen LogP contribution in [0.2, 0.25) is 0 Å². The highest BCUT2D eigenvalue weighted by atomic mass is 32.2. The van der Waals surface area contributed by atoms with Crippen LogP contribution in [-0.2, 0) is 16.6 Å². The van der Waals surface area contributed by atoms with Crippen LogP contribution >= 0.6 is 11.8 Å². The van der Waals surface area contributed by atoms with Crippen LogP contribution in [-0.4, -0.2) is 26.0 Å². The first-order chi connectivity index (χ1) is 9.89. The minimum absolute atomic E-state index is 0.210.